The molecule has 0 amide bonds. The number of imidazole rings is 1. The van der Waals surface area contributed by atoms with Crippen LogP contribution in [0.15, 0.2) is 24.5 Å². The van der Waals surface area contributed by atoms with Gasteiger partial charge in [0.1, 0.15) is 5.65 Å². The number of hydrogen-bond donors (Lipinski definition) is 1. The second-order valence-corrected chi connectivity index (χ2v) is 4.67. The SMILES string of the molecule is CCN(CCC(=O)O)Cc1cn2cccc(C)c2n1. The summed E-state index contributed by atoms with van der Waals surface area (Å²) in [4.78, 5) is 17.3. The summed E-state index contributed by atoms with van der Waals surface area (Å²) in [6, 6.07) is 4.03. The molecule has 2 aromatic heterocycles. The lowest BCUT2D eigenvalue weighted by atomic mass is 10.3. The van der Waals surface area contributed by atoms with Crippen molar-refractivity contribution in [2.45, 2.75) is 26.8 Å². The summed E-state index contributed by atoms with van der Waals surface area (Å²) in [6.07, 6.45) is 4.15. The summed E-state index contributed by atoms with van der Waals surface area (Å²) in [5.74, 6) is -0.760. The van der Waals surface area contributed by atoms with Gasteiger partial charge in [-0.05, 0) is 25.1 Å². The van der Waals surface area contributed by atoms with E-state index in [4.69, 9.17) is 5.11 Å². The maximum absolute atomic E-state index is 10.6. The highest BCUT2D eigenvalue weighted by Crippen LogP contribution is 2.11. The number of aryl methyl sites for hydroxylation is 1. The lowest BCUT2D eigenvalue weighted by Crippen LogP contribution is -2.25. The van der Waals surface area contributed by atoms with Crippen LogP contribution in [-0.4, -0.2) is 38.4 Å². The van der Waals surface area contributed by atoms with Gasteiger partial charge in [0.2, 0.25) is 0 Å². The largest absolute Gasteiger partial charge is 0.481 e. The topological polar surface area (TPSA) is 57.8 Å². The van der Waals surface area contributed by atoms with E-state index in [1.165, 1.54) is 0 Å². The Bertz CT molecular complexity index is 577. The van der Waals surface area contributed by atoms with Crippen LogP contribution in [0.5, 0.6) is 0 Å². The number of aromatic nitrogens is 2. The smallest absolute Gasteiger partial charge is 0.304 e. The number of carbonyl (C=O) groups is 1. The number of carboxylic acids is 1. The first-order valence-corrected chi connectivity index (χ1v) is 6.47. The molecule has 19 heavy (non-hydrogen) atoms. The average Bonchev–Trinajstić information content (AvgIpc) is 2.78. The van der Waals surface area contributed by atoms with Crippen LogP contribution in [0.3, 0.4) is 0 Å². The van der Waals surface area contributed by atoms with Gasteiger partial charge in [0, 0.05) is 25.5 Å². The second-order valence-electron chi connectivity index (χ2n) is 4.67. The number of hydrogen-bond acceptors (Lipinski definition) is 3. The van der Waals surface area contributed by atoms with Crippen molar-refractivity contribution in [1.29, 1.82) is 0 Å². The molecular formula is C14H19N3O2. The first-order valence-electron chi connectivity index (χ1n) is 6.47. The van der Waals surface area contributed by atoms with Crippen LogP contribution in [0, 0.1) is 6.92 Å². The lowest BCUT2D eigenvalue weighted by Gasteiger charge is -2.17. The maximum atomic E-state index is 10.6. The normalized spacial score (nSPS) is 11.3. The summed E-state index contributed by atoms with van der Waals surface area (Å²) in [5, 5.41) is 8.73. The molecule has 2 heterocycles. The zero-order valence-electron chi connectivity index (χ0n) is 11.3. The molecule has 1 N–H and O–H groups in total. The summed E-state index contributed by atoms with van der Waals surface area (Å²) in [6.45, 7) is 6.13. The Hall–Kier alpha value is -1.88. The van der Waals surface area contributed by atoms with Gasteiger partial charge in [0.05, 0.1) is 12.1 Å². The van der Waals surface area contributed by atoms with E-state index in [2.05, 4.69) is 9.88 Å². The van der Waals surface area contributed by atoms with E-state index in [1.54, 1.807) is 0 Å². The molecule has 102 valence electrons. The Kier molecular flexibility index (Phi) is 4.16. The van der Waals surface area contributed by atoms with Gasteiger partial charge in [-0.2, -0.15) is 0 Å². The van der Waals surface area contributed by atoms with Gasteiger partial charge in [-0.1, -0.05) is 13.0 Å². The monoisotopic (exact) mass is 261 g/mol. The molecule has 0 aliphatic heterocycles. The van der Waals surface area contributed by atoms with Crippen molar-refractivity contribution >= 4 is 11.6 Å². The van der Waals surface area contributed by atoms with Gasteiger partial charge in [-0.15, -0.1) is 0 Å². The van der Waals surface area contributed by atoms with Gasteiger partial charge in [-0.3, -0.25) is 9.69 Å². The fraction of sp³-hybridized carbons (Fsp3) is 0.429. The molecule has 0 saturated carbocycles. The van der Waals surface area contributed by atoms with E-state index in [0.29, 0.717) is 13.1 Å². The third-order valence-corrected chi connectivity index (χ3v) is 3.20. The van der Waals surface area contributed by atoms with Crippen LogP contribution >= 0.6 is 0 Å². The summed E-state index contributed by atoms with van der Waals surface area (Å²) in [7, 11) is 0. The highest BCUT2D eigenvalue weighted by Gasteiger charge is 2.09. The number of fused-ring (bicyclic) bond motifs is 1. The fourth-order valence-corrected chi connectivity index (χ4v) is 2.11. The first kappa shape index (κ1) is 13.5. The molecule has 2 rings (SSSR count). The molecule has 0 radical (unpaired) electrons. The van der Waals surface area contributed by atoms with Gasteiger partial charge in [0.15, 0.2) is 0 Å². The number of nitrogens with zero attached hydrogens (tertiary/aromatic N) is 3. The third kappa shape index (κ3) is 3.32. The van der Waals surface area contributed by atoms with Crippen LogP contribution < -0.4 is 0 Å². The number of rotatable bonds is 6. The van der Waals surface area contributed by atoms with Gasteiger partial charge in [-0.25, -0.2) is 4.98 Å². The predicted molar refractivity (Wildman–Crippen MR) is 73.1 cm³/mol. The van der Waals surface area contributed by atoms with Crippen LogP contribution in [0.2, 0.25) is 0 Å². The van der Waals surface area contributed by atoms with E-state index in [1.807, 2.05) is 42.8 Å². The number of pyridine rings is 1. The molecule has 5 heteroatoms. The van der Waals surface area contributed by atoms with E-state index in [-0.39, 0.29) is 6.42 Å². The fourth-order valence-electron chi connectivity index (χ4n) is 2.11. The molecule has 0 saturated heterocycles. The molecule has 0 fully saturated rings. The predicted octanol–water partition coefficient (Wildman–Crippen LogP) is 1.94. The lowest BCUT2D eigenvalue weighted by molar-refractivity contribution is -0.137. The van der Waals surface area contributed by atoms with Gasteiger partial charge < -0.3 is 9.51 Å². The minimum Gasteiger partial charge on any atom is -0.481 e. The van der Waals surface area contributed by atoms with E-state index >= 15 is 0 Å². The number of aliphatic carboxylic acids is 1. The van der Waals surface area contributed by atoms with Crippen LogP contribution in [0.4, 0.5) is 0 Å². The molecule has 0 spiro atoms. The Labute approximate surface area is 112 Å². The maximum Gasteiger partial charge on any atom is 0.304 e. The van der Waals surface area contributed by atoms with Crippen molar-refractivity contribution < 1.29 is 9.90 Å². The molecule has 5 nitrogen and oxygen atoms in total. The highest BCUT2D eigenvalue weighted by atomic mass is 16.4. The van der Waals surface area contributed by atoms with Crippen molar-refractivity contribution in [3.63, 3.8) is 0 Å². The van der Waals surface area contributed by atoms with Crippen LogP contribution in [0.25, 0.3) is 5.65 Å². The van der Waals surface area contributed by atoms with Crippen LogP contribution in [0.1, 0.15) is 24.6 Å². The summed E-state index contributed by atoms with van der Waals surface area (Å²) in [5.41, 5.74) is 3.08. The minimum absolute atomic E-state index is 0.167. The second kappa shape index (κ2) is 5.84. The molecular weight excluding hydrogens is 242 g/mol. The van der Waals surface area contributed by atoms with Crippen molar-refractivity contribution in [2.24, 2.45) is 0 Å². The zero-order valence-corrected chi connectivity index (χ0v) is 11.3. The van der Waals surface area contributed by atoms with Crippen LogP contribution in [-0.2, 0) is 11.3 Å². The summed E-state index contributed by atoms with van der Waals surface area (Å²) < 4.78 is 2.01. The molecule has 0 aliphatic rings. The first-order chi connectivity index (χ1) is 9.10. The molecule has 0 atom stereocenters. The van der Waals surface area contributed by atoms with E-state index in [0.717, 1.165) is 23.4 Å². The molecule has 0 aliphatic carbocycles. The third-order valence-electron chi connectivity index (χ3n) is 3.20. The van der Waals surface area contributed by atoms with Gasteiger partial charge >= 0.3 is 5.97 Å². The Morgan fingerprint density at radius 1 is 1.53 bits per heavy atom. The standard InChI is InChI=1S/C14H19N3O2/c1-3-16(8-6-13(18)19)9-12-10-17-7-4-5-11(2)14(17)15-12/h4-5,7,10H,3,6,8-9H2,1-2H3,(H,18,19). The Morgan fingerprint density at radius 2 is 2.32 bits per heavy atom. The van der Waals surface area contributed by atoms with Crippen molar-refractivity contribution in [3.05, 3.63) is 35.8 Å². The van der Waals surface area contributed by atoms with Gasteiger partial charge in [0.25, 0.3) is 0 Å². The average molecular weight is 261 g/mol. The highest BCUT2D eigenvalue weighted by molar-refractivity contribution is 5.66. The van der Waals surface area contributed by atoms with Crippen molar-refractivity contribution in [1.82, 2.24) is 14.3 Å². The Morgan fingerprint density at radius 3 is 2.95 bits per heavy atom. The minimum atomic E-state index is -0.760. The number of carboxylic acid groups (broad SMARTS) is 1. The van der Waals surface area contributed by atoms with Crippen molar-refractivity contribution in [3.8, 4) is 0 Å². The zero-order chi connectivity index (χ0) is 13.8. The quantitative estimate of drug-likeness (QED) is 0.863. The molecule has 0 unspecified atom stereocenters. The molecule has 2 aromatic rings. The van der Waals surface area contributed by atoms with E-state index in [9.17, 15) is 4.79 Å². The molecule has 0 aromatic carbocycles. The van der Waals surface area contributed by atoms with E-state index < -0.39 is 5.97 Å². The summed E-state index contributed by atoms with van der Waals surface area (Å²) >= 11 is 0. The Balaban J connectivity index is 2.11. The van der Waals surface area contributed by atoms with Crippen molar-refractivity contribution in [2.75, 3.05) is 13.1 Å². The molecule has 0 bridgehead atoms.